The van der Waals surface area contributed by atoms with Crippen LogP contribution >= 0.6 is 11.3 Å². The molecule has 2 aromatic rings. The number of nitrogens with one attached hydrogen (secondary N) is 1. The van der Waals surface area contributed by atoms with Crippen molar-refractivity contribution in [1.29, 1.82) is 5.26 Å². The van der Waals surface area contributed by atoms with E-state index in [9.17, 15) is 23.3 Å². The minimum absolute atomic E-state index is 0.0204. The molecule has 0 saturated carbocycles. The third-order valence-electron chi connectivity index (χ3n) is 4.68. The largest absolute Gasteiger partial charge is 0.453 e. The van der Waals surface area contributed by atoms with Gasteiger partial charge in [-0.3, -0.25) is 4.79 Å². The lowest BCUT2D eigenvalue weighted by atomic mass is 10.0. The van der Waals surface area contributed by atoms with Crippen LogP contribution in [-0.2, 0) is 27.5 Å². The number of nitrogens with zero attached hydrogens (tertiary/aromatic N) is 2. The van der Waals surface area contributed by atoms with Crippen molar-refractivity contribution in [2.45, 2.75) is 24.8 Å². The number of thiophene rings is 1. The van der Waals surface area contributed by atoms with E-state index in [2.05, 4.69) is 11.4 Å². The molecule has 0 aliphatic carbocycles. The Hall–Kier alpha value is -2.90. The van der Waals surface area contributed by atoms with Gasteiger partial charge in [-0.2, -0.15) is 5.26 Å². The second-order valence-corrected chi connectivity index (χ2v) is 9.73. The normalized spacial score (nSPS) is 13.3. The number of carbonyl (C=O) groups excluding carboxylic acids is 2. The van der Waals surface area contributed by atoms with Crippen LogP contribution in [0.5, 0.6) is 0 Å². The smallest absolute Gasteiger partial charge is 0.409 e. The Morgan fingerprint density at radius 3 is 2.59 bits per heavy atom. The molecule has 152 valence electrons. The number of fused-ring (bicyclic) bond motifs is 1. The van der Waals surface area contributed by atoms with Gasteiger partial charge in [0.2, 0.25) is 0 Å². The maximum absolute atomic E-state index is 12.6. The van der Waals surface area contributed by atoms with Gasteiger partial charge in [-0.05, 0) is 36.2 Å². The van der Waals surface area contributed by atoms with E-state index in [0.717, 1.165) is 10.4 Å². The van der Waals surface area contributed by atoms with Gasteiger partial charge in [0.1, 0.15) is 11.1 Å². The van der Waals surface area contributed by atoms with Gasteiger partial charge in [0, 0.05) is 17.0 Å². The zero-order valence-corrected chi connectivity index (χ0v) is 17.5. The highest BCUT2D eigenvalue weighted by Gasteiger charge is 2.28. The second-order valence-electron chi connectivity index (χ2n) is 6.34. The molecule has 1 N–H and O–H groups in total. The Balaban J connectivity index is 1.82. The molecule has 1 aromatic carbocycles. The third-order valence-corrected chi connectivity index (χ3v) is 7.57. The van der Waals surface area contributed by atoms with E-state index in [1.54, 1.807) is 11.8 Å². The molecule has 0 fully saturated rings. The first-order chi connectivity index (χ1) is 13.8. The molecule has 0 radical (unpaired) electrons. The number of amides is 2. The fourth-order valence-corrected chi connectivity index (χ4v) is 5.14. The highest BCUT2D eigenvalue weighted by molar-refractivity contribution is 7.91. The van der Waals surface area contributed by atoms with Crippen LogP contribution in [0, 0.1) is 11.3 Å². The van der Waals surface area contributed by atoms with Crippen LogP contribution in [0.2, 0.25) is 0 Å². The first kappa shape index (κ1) is 20.8. The Labute approximate surface area is 172 Å². The second kappa shape index (κ2) is 8.23. The molecule has 2 amide bonds. The molecule has 3 rings (SSSR count). The van der Waals surface area contributed by atoms with E-state index in [4.69, 9.17) is 4.74 Å². The SMILES string of the molecule is CCS(=O)(=O)c1ccc(C(=O)Nc2sc3c(c2C#N)CCN(C(=O)OC)C3)cc1. The molecule has 0 spiro atoms. The topological polar surface area (TPSA) is 117 Å². The molecule has 0 atom stereocenters. The lowest BCUT2D eigenvalue weighted by Crippen LogP contribution is -2.35. The summed E-state index contributed by atoms with van der Waals surface area (Å²) in [6, 6.07) is 7.81. The zero-order chi connectivity index (χ0) is 21.2. The van der Waals surface area contributed by atoms with Crippen molar-refractivity contribution >= 4 is 38.2 Å². The zero-order valence-electron chi connectivity index (χ0n) is 15.9. The number of hydrogen-bond acceptors (Lipinski definition) is 7. The molecule has 0 saturated heterocycles. The predicted octanol–water partition coefficient (Wildman–Crippen LogP) is 2.79. The van der Waals surface area contributed by atoms with Crippen LogP contribution in [0.3, 0.4) is 0 Å². The maximum Gasteiger partial charge on any atom is 0.409 e. The van der Waals surface area contributed by atoms with Crippen LogP contribution in [0.4, 0.5) is 9.80 Å². The lowest BCUT2D eigenvalue weighted by molar-refractivity contribution is 0.102. The number of sulfone groups is 1. The summed E-state index contributed by atoms with van der Waals surface area (Å²) in [6.07, 6.45) is 0.0683. The van der Waals surface area contributed by atoms with E-state index in [-0.39, 0.29) is 16.2 Å². The molecule has 29 heavy (non-hydrogen) atoms. The van der Waals surface area contributed by atoms with Crippen molar-refractivity contribution in [1.82, 2.24) is 4.90 Å². The molecule has 2 heterocycles. The summed E-state index contributed by atoms with van der Waals surface area (Å²) in [6.45, 7) is 2.31. The summed E-state index contributed by atoms with van der Waals surface area (Å²) in [7, 11) is -2.03. The number of nitriles is 1. The fraction of sp³-hybridized carbons (Fsp3) is 0.316. The van der Waals surface area contributed by atoms with Crippen molar-refractivity contribution in [3.05, 3.63) is 45.8 Å². The summed E-state index contributed by atoms with van der Waals surface area (Å²) >= 11 is 1.25. The number of methoxy groups -OCH3 is 1. The standard InChI is InChI=1S/C19H19N3O5S2/c1-3-29(25,26)13-6-4-12(5-7-13)17(23)21-18-15(10-20)14-8-9-22(19(24)27-2)11-16(14)28-18/h4-7H,3,8-9,11H2,1-2H3,(H,21,23). The minimum atomic E-state index is -3.34. The number of carbonyl (C=O) groups is 2. The van der Waals surface area contributed by atoms with E-state index < -0.39 is 21.8 Å². The Kier molecular flexibility index (Phi) is 5.91. The quantitative estimate of drug-likeness (QED) is 0.792. The van der Waals surface area contributed by atoms with Crippen LogP contribution in [0.25, 0.3) is 0 Å². The van der Waals surface area contributed by atoms with Gasteiger partial charge in [0.05, 0.1) is 29.9 Å². The third kappa shape index (κ3) is 4.11. The number of benzene rings is 1. The van der Waals surface area contributed by atoms with Gasteiger partial charge in [0.25, 0.3) is 5.91 Å². The highest BCUT2D eigenvalue weighted by Crippen LogP contribution is 2.37. The molecule has 1 aliphatic rings. The Bertz CT molecular complexity index is 1100. The number of rotatable bonds is 4. The number of hydrogen-bond donors (Lipinski definition) is 1. The molecule has 8 nitrogen and oxygen atoms in total. The first-order valence-electron chi connectivity index (χ1n) is 8.82. The number of ether oxygens (including phenoxy) is 1. The Morgan fingerprint density at radius 2 is 2.00 bits per heavy atom. The molecule has 0 bridgehead atoms. The molecule has 0 unspecified atom stereocenters. The van der Waals surface area contributed by atoms with E-state index >= 15 is 0 Å². The molecular weight excluding hydrogens is 414 g/mol. The molecular formula is C19H19N3O5S2. The van der Waals surface area contributed by atoms with Crippen molar-refractivity contribution in [3.8, 4) is 6.07 Å². The van der Waals surface area contributed by atoms with Crippen molar-refractivity contribution in [2.24, 2.45) is 0 Å². The average molecular weight is 434 g/mol. The van der Waals surface area contributed by atoms with Gasteiger partial charge in [0.15, 0.2) is 9.84 Å². The minimum Gasteiger partial charge on any atom is -0.453 e. The highest BCUT2D eigenvalue weighted by atomic mass is 32.2. The monoisotopic (exact) mass is 433 g/mol. The summed E-state index contributed by atoms with van der Waals surface area (Å²) in [5.74, 6) is -0.460. The van der Waals surface area contributed by atoms with E-state index in [0.29, 0.717) is 30.1 Å². The summed E-state index contributed by atoms with van der Waals surface area (Å²) in [4.78, 5) is 26.9. The van der Waals surface area contributed by atoms with E-state index in [1.807, 2.05) is 0 Å². The van der Waals surface area contributed by atoms with Gasteiger partial charge in [-0.25, -0.2) is 13.2 Å². The predicted molar refractivity (Wildman–Crippen MR) is 108 cm³/mol. The van der Waals surface area contributed by atoms with Crippen molar-refractivity contribution < 1.29 is 22.7 Å². The van der Waals surface area contributed by atoms with E-state index in [1.165, 1.54) is 42.7 Å². The first-order valence-corrected chi connectivity index (χ1v) is 11.3. The number of anilines is 1. The molecule has 1 aliphatic heterocycles. The Morgan fingerprint density at radius 1 is 1.31 bits per heavy atom. The van der Waals surface area contributed by atoms with Gasteiger partial charge < -0.3 is 15.0 Å². The van der Waals surface area contributed by atoms with Crippen molar-refractivity contribution in [2.75, 3.05) is 24.7 Å². The summed E-state index contributed by atoms with van der Waals surface area (Å²) < 4.78 is 28.5. The molecule has 10 heteroatoms. The van der Waals surface area contributed by atoms with Crippen molar-refractivity contribution in [3.63, 3.8) is 0 Å². The van der Waals surface area contributed by atoms with Crippen LogP contribution in [0.15, 0.2) is 29.2 Å². The van der Waals surface area contributed by atoms with Crippen LogP contribution in [-0.4, -0.2) is 44.7 Å². The van der Waals surface area contributed by atoms with Gasteiger partial charge in [-0.1, -0.05) is 6.92 Å². The van der Waals surface area contributed by atoms with Gasteiger partial charge >= 0.3 is 6.09 Å². The fourth-order valence-electron chi connectivity index (χ4n) is 3.05. The maximum atomic E-state index is 12.6. The summed E-state index contributed by atoms with van der Waals surface area (Å²) in [5, 5.41) is 12.7. The molecule has 1 aromatic heterocycles. The van der Waals surface area contributed by atoms with Gasteiger partial charge in [-0.15, -0.1) is 11.3 Å². The van der Waals surface area contributed by atoms with Crippen LogP contribution < -0.4 is 5.32 Å². The average Bonchev–Trinajstić information content (AvgIpc) is 3.09. The van der Waals surface area contributed by atoms with Crippen LogP contribution in [0.1, 0.15) is 33.3 Å². The summed E-state index contributed by atoms with van der Waals surface area (Å²) in [5.41, 5.74) is 1.51. The lowest BCUT2D eigenvalue weighted by Gasteiger charge is -2.25.